The first-order valence-corrected chi connectivity index (χ1v) is 8.52. The number of hydrazine groups is 1. The molecule has 6 heteroatoms. The van der Waals surface area contributed by atoms with Crippen molar-refractivity contribution in [1.82, 2.24) is 16.2 Å². The molecule has 25 heavy (non-hydrogen) atoms. The Balaban J connectivity index is 2.09. The lowest BCUT2D eigenvalue weighted by Gasteiger charge is -2.18. The smallest absolute Gasteiger partial charge is 0.238 e. The zero-order valence-electron chi connectivity index (χ0n) is 14.0. The Morgan fingerprint density at radius 1 is 0.920 bits per heavy atom. The molecule has 130 valence electrons. The molecule has 0 aliphatic rings. The van der Waals surface area contributed by atoms with Crippen LogP contribution in [0.1, 0.15) is 36.8 Å². The Morgan fingerprint density at radius 3 is 1.92 bits per heavy atom. The highest BCUT2D eigenvalue weighted by Crippen LogP contribution is 2.24. The topological polar surface area (TPSA) is 70.2 Å². The minimum absolute atomic E-state index is 0.0614. The summed E-state index contributed by atoms with van der Waals surface area (Å²) in [5.74, 6) is -0.935. The highest BCUT2D eigenvalue weighted by Gasteiger charge is 2.23. The summed E-state index contributed by atoms with van der Waals surface area (Å²) >= 11 is 5.09. The number of hydrogen-bond acceptors (Lipinski definition) is 3. The van der Waals surface area contributed by atoms with Crippen molar-refractivity contribution in [3.63, 3.8) is 0 Å². The van der Waals surface area contributed by atoms with E-state index in [0.29, 0.717) is 6.42 Å². The summed E-state index contributed by atoms with van der Waals surface area (Å²) in [6.45, 7) is 1.91. The lowest BCUT2D eigenvalue weighted by molar-refractivity contribution is -0.122. The van der Waals surface area contributed by atoms with Crippen LogP contribution in [0, 0.1) is 0 Å². The van der Waals surface area contributed by atoms with Crippen molar-refractivity contribution in [3.05, 3.63) is 71.8 Å². The molecule has 0 aromatic heterocycles. The van der Waals surface area contributed by atoms with Gasteiger partial charge in [-0.15, -0.1) is 0 Å². The summed E-state index contributed by atoms with van der Waals surface area (Å²) in [7, 11) is 0. The second-order valence-corrected chi connectivity index (χ2v) is 5.90. The number of carbonyl (C=O) groups is 2. The normalized spacial score (nSPS) is 10.2. The lowest BCUT2D eigenvalue weighted by atomic mass is 9.90. The molecule has 2 amide bonds. The van der Waals surface area contributed by atoms with Crippen LogP contribution < -0.4 is 16.2 Å². The molecular weight excluding hydrogens is 334 g/mol. The molecule has 0 saturated heterocycles. The SMILES string of the molecule is CCCC(=O)NNC(=S)NC(=O)C(c1ccccc1)c1ccccc1. The lowest BCUT2D eigenvalue weighted by Crippen LogP contribution is -2.49. The first kappa shape index (κ1) is 18.6. The fraction of sp³-hybridized carbons (Fsp3) is 0.211. The molecule has 0 fully saturated rings. The first-order chi connectivity index (χ1) is 12.1. The molecule has 0 unspecified atom stereocenters. The summed E-state index contributed by atoms with van der Waals surface area (Å²) in [6, 6.07) is 19.0. The Kier molecular flexibility index (Phi) is 7.10. The second kappa shape index (κ2) is 9.54. The summed E-state index contributed by atoms with van der Waals surface area (Å²) in [5, 5.41) is 2.70. The van der Waals surface area contributed by atoms with E-state index in [9.17, 15) is 9.59 Å². The molecule has 2 rings (SSSR count). The van der Waals surface area contributed by atoms with Gasteiger partial charge in [0, 0.05) is 6.42 Å². The molecule has 5 nitrogen and oxygen atoms in total. The highest BCUT2D eigenvalue weighted by molar-refractivity contribution is 7.80. The Morgan fingerprint density at radius 2 is 1.44 bits per heavy atom. The van der Waals surface area contributed by atoms with Gasteiger partial charge in [-0.3, -0.25) is 20.4 Å². The van der Waals surface area contributed by atoms with E-state index < -0.39 is 5.92 Å². The van der Waals surface area contributed by atoms with Crippen molar-refractivity contribution in [1.29, 1.82) is 0 Å². The van der Waals surface area contributed by atoms with Crippen LogP contribution in [0.15, 0.2) is 60.7 Å². The Bertz CT molecular complexity index is 680. The molecule has 3 N–H and O–H groups in total. The van der Waals surface area contributed by atoms with E-state index in [0.717, 1.165) is 17.5 Å². The maximum absolute atomic E-state index is 12.8. The van der Waals surface area contributed by atoms with Crippen molar-refractivity contribution >= 4 is 29.1 Å². The van der Waals surface area contributed by atoms with E-state index in [1.165, 1.54) is 0 Å². The first-order valence-electron chi connectivity index (χ1n) is 8.11. The number of nitrogens with one attached hydrogen (secondary N) is 3. The predicted molar refractivity (Wildman–Crippen MR) is 102 cm³/mol. The maximum atomic E-state index is 12.8. The third kappa shape index (κ3) is 5.69. The molecule has 0 heterocycles. The molecule has 2 aromatic rings. The van der Waals surface area contributed by atoms with Crippen LogP contribution in [-0.2, 0) is 9.59 Å². The minimum atomic E-state index is -0.492. The molecule has 0 spiro atoms. The van der Waals surface area contributed by atoms with E-state index in [2.05, 4.69) is 16.2 Å². The fourth-order valence-electron chi connectivity index (χ4n) is 2.42. The van der Waals surface area contributed by atoms with Crippen molar-refractivity contribution in [3.8, 4) is 0 Å². The van der Waals surface area contributed by atoms with Crippen molar-refractivity contribution < 1.29 is 9.59 Å². The van der Waals surface area contributed by atoms with Crippen LogP contribution in [0.4, 0.5) is 0 Å². The van der Waals surface area contributed by atoms with Gasteiger partial charge in [-0.1, -0.05) is 67.6 Å². The molecule has 0 aliphatic heterocycles. The van der Waals surface area contributed by atoms with Gasteiger partial charge in [-0.2, -0.15) is 0 Å². The van der Waals surface area contributed by atoms with Crippen LogP contribution in [0.3, 0.4) is 0 Å². The van der Waals surface area contributed by atoms with Gasteiger partial charge in [0.05, 0.1) is 5.92 Å². The van der Waals surface area contributed by atoms with Gasteiger partial charge < -0.3 is 5.32 Å². The Hall–Kier alpha value is -2.73. The predicted octanol–water partition coefficient (Wildman–Crippen LogP) is 2.64. The standard InChI is InChI=1S/C19H21N3O2S/c1-2-9-16(23)21-22-19(25)20-18(24)17(14-10-5-3-6-11-14)15-12-7-4-8-13-15/h3-8,10-13,17H,2,9H2,1H3,(H,21,23)(H2,20,22,24,25). The Labute approximate surface area is 152 Å². The summed E-state index contributed by atoms with van der Waals surface area (Å²) in [4.78, 5) is 24.2. The molecule has 0 atom stereocenters. The number of hydrogen-bond donors (Lipinski definition) is 3. The summed E-state index contributed by atoms with van der Waals surface area (Å²) in [6.07, 6.45) is 1.12. The second-order valence-electron chi connectivity index (χ2n) is 5.50. The van der Waals surface area contributed by atoms with Gasteiger partial charge in [-0.25, -0.2) is 0 Å². The summed E-state index contributed by atoms with van der Waals surface area (Å²) in [5.41, 5.74) is 6.75. The van der Waals surface area contributed by atoms with Crippen LogP contribution in [0.25, 0.3) is 0 Å². The number of benzene rings is 2. The average Bonchev–Trinajstić information content (AvgIpc) is 2.62. The molecule has 0 bridgehead atoms. The van der Waals surface area contributed by atoms with Gasteiger partial charge in [0.25, 0.3) is 0 Å². The van der Waals surface area contributed by atoms with Gasteiger partial charge in [-0.05, 0) is 29.8 Å². The molecule has 0 aliphatic carbocycles. The van der Waals surface area contributed by atoms with E-state index >= 15 is 0 Å². The average molecular weight is 355 g/mol. The van der Waals surface area contributed by atoms with Crippen LogP contribution in [-0.4, -0.2) is 16.9 Å². The van der Waals surface area contributed by atoms with E-state index in [4.69, 9.17) is 12.2 Å². The molecule has 0 saturated carbocycles. The third-order valence-electron chi connectivity index (χ3n) is 3.56. The van der Waals surface area contributed by atoms with Crippen molar-refractivity contribution in [2.24, 2.45) is 0 Å². The number of thiocarbonyl (C=S) groups is 1. The number of carbonyl (C=O) groups excluding carboxylic acids is 2. The number of amides is 2. The van der Waals surface area contributed by atoms with Gasteiger partial charge >= 0.3 is 0 Å². The number of rotatable bonds is 5. The van der Waals surface area contributed by atoms with E-state index in [1.807, 2.05) is 67.6 Å². The molecular formula is C19H21N3O2S. The largest absolute Gasteiger partial charge is 0.301 e. The molecule has 2 aromatic carbocycles. The van der Waals surface area contributed by atoms with Gasteiger partial charge in [0.1, 0.15) is 0 Å². The zero-order valence-corrected chi connectivity index (χ0v) is 14.8. The van der Waals surface area contributed by atoms with Crippen molar-refractivity contribution in [2.75, 3.05) is 0 Å². The molecule has 0 radical (unpaired) electrons. The van der Waals surface area contributed by atoms with E-state index in [1.54, 1.807) is 0 Å². The minimum Gasteiger partial charge on any atom is -0.301 e. The summed E-state index contributed by atoms with van der Waals surface area (Å²) < 4.78 is 0. The van der Waals surface area contributed by atoms with Crippen LogP contribution >= 0.6 is 12.2 Å². The fourth-order valence-corrected chi connectivity index (χ4v) is 2.57. The zero-order chi connectivity index (χ0) is 18.1. The third-order valence-corrected chi connectivity index (χ3v) is 3.76. The van der Waals surface area contributed by atoms with E-state index in [-0.39, 0.29) is 16.9 Å². The van der Waals surface area contributed by atoms with Gasteiger partial charge in [0.2, 0.25) is 11.8 Å². The monoisotopic (exact) mass is 355 g/mol. The highest BCUT2D eigenvalue weighted by atomic mass is 32.1. The van der Waals surface area contributed by atoms with Crippen LogP contribution in [0.5, 0.6) is 0 Å². The van der Waals surface area contributed by atoms with Gasteiger partial charge in [0.15, 0.2) is 5.11 Å². The van der Waals surface area contributed by atoms with Crippen LogP contribution in [0.2, 0.25) is 0 Å². The maximum Gasteiger partial charge on any atom is 0.238 e. The van der Waals surface area contributed by atoms with Crippen molar-refractivity contribution in [2.45, 2.75) is 25.7 Å². The quantitative estimate of drug-likeness (QED) is 0.570.